The Labute approximate surface area is 215 Å². The predicted octanol–water partition coefficient (Wildman–Crippen LogP) is -3.74. The summed E-state index contributed by atoms with van der Waals surface area (Å²) in [6.45, 7) is -0.657. The quantitative estimate of drug-likeness (QED) is 0.248. The van der Waals surface area contributed by atoms with Crippen LogP contribution in [0.3, 0.4) is 0 Å². The molecule has 14 heteroatoms. The topological polar surface area (TPSA) is 177 Å². The molecule has 1 aliphatic heterocycles. The fourth-order valence-corrected chi connectivity index (χ4v) is 2.23. The minimum atomic E-state index is -4.74. The molecule has 0 aromatic carbocycles. The molecular weight excluding hydrogens is 387 g/mol. The Bertz CT molecular complexity index is 625. The first kappa shape index (κ1) is 24.9. The number of nitrogens with two attached hydrogens (primary N) is 1. The summed E-state index contributed by atoms with van der Waals surface area (Å²) in [4.78, 5) is 32.3. The first-order chi connectivity index (χ1) is 9.69. The van der Waals surface area contributed by atoms with Gasteiger partial charge < -0.3 is 30.5 Å². The van der Waals surface area contributed by atoms with Gasteiger partial charge in [0.15, 0.2) is 6.23 Å². The van der Waals surface area contributed by atoms with Gasteiger partial charge in [0.05, 0.1) is 6.61 Å². The number of ether oxygens (including phenoxy) is 1. The minimum absolute atomic E-state index is 0. The number of phosphoric ester groups is 1. The van der Waals surface area contributed by atoms with Gasteiger partial charge >= 0.3 is 116 Å². The third-order valence-corrected chi connectivity index (χ3v) is 3.36. The van der Waals surface area contributed by atoms with Crippen LogP contribution in [0.5, 0.6) is 0 Å². The fraction of sp³-hybridized carbons (Fsp3) is 0.556. The van der Waals surface area contributed by atoms with Crippen molar-refractivity contribution in [3.63, 3.8) is 0 Å². The summed E-state index contributed by atoms with van der Waals surface area (Å²) in [5.74, 6) is -0.0225. The Balaban J connectivity index is 0.00000242. The number of aliphatic hydroxyl groups excluding tert-OH is 2. The average molecular weight is 403 g/mol. The molecule has 0 spiro atoms. The van der Waals surface area contributed by atoms with Crippen molar-refractivity contribution in [2.24, 2.45) is 0 Å². The van der Waals surface area contributed by atoms with E-state index in [1.807, 2.05) is 0 Å². The first-order valence-corrected chi connectivity index (χ1v) is 7.28. The molecular formula is C9H16K2N3O8P. The second-order valence-corrected chi connectivity index (χ2v) is 5.61. The Morgan fingerprint density at radius 1 is 1.35 bits per heavy atom. The van der Waals surface area contributed by atoms with Crippen LogP contribution >= 0.6 is 7.82 Å². The second-order valence-electron chi connectivity index (χ2n) is 4.37. The van der Waals surface area contributed by atoms with E-state index in [-0.39, 0.29) is 109 Å². The summed E-state index contributed by atoms with van der Waals surface area (Å²) in [6, 6.07) is 1.29. The number of anilines is 1. The van der Waals surface area contributed by atoms with E-state index in [4.69, 9.17) is 20.3 Å². The summed E-state index contributed by atoms with van der Waals surface area (Å²) in [5, 5.41) is 19.6. The van der Waals surface area contributed by atoms with Gasteiger partial charge in [-0.3, -0.25) is 9.09 Å². The molecule has 23 heavy (non-hydrogen) atoms. The van der Waals surface area contributed by atoms with Crippen molar-refractivity contribution in [2.75, 3.05) is 12.3 Å². The fourth-order valence-electron chi connectivity index (χ4n) is 1.89. The molecule has 0 unspecified atom stereocenters. The molecule has 0 amide bonds. The number of nitrogens with zero attached hydrogens (tertiary/aromatic N) is 2. The van der Waals surface area contributed by atoms with Crippen molar-refractivity contribution in [1.29, 1.82) is 0 Å². The molecule has 0 bridgehead atoms. The van der Waals surface area contributed by atoms with Crippen LogP contribution in [0.15, 0.2) is 17.1 Å². The summed E-state index contributed by atoms with van der Waals surface area (Å²) in [6.07, 6.45) is -4.27. The maximum atomic E-state index is 11.6. The van der Waals surface area contributed by atoms with Crippen molar-refractivity contribution < 1.29 is 33.8 Å². The zero-order valence-electron chi connectivity index (χ0n) is 10.5. The van der Waals surface area contributed by atoms with Crippen LogP contribution in [0.2, 0.25) is 0 Å². The van der Waals surface area contributed by atoms with Gasteiger partial charge in [-0.25, -0.2) is 9.36 Å². The molecule has 1 aromatic heterocycles. The van der Waals surface area contributed by atoms with Gasteiger partial charge in [0.2, 0.25) is 0 Å². The Kier molecular flexibility index (Phi) is 11.2. The summed E-state index contributed by atoms with van der Waals surface area (Å²) < 4.78 is 20.9. The average Bonchev–Trinajstić information content (AvgIpc) is 2.64. The number of hydrogen-bond donors (Lipinski definition) is 5. The van der Waals surface area contributed by atoms with Gasteiger partial charge in [0.25, 0.3) is 0 Å². The molecule has 4 atom stereocenters. The molecule has 0 radical (unpaired) electrons. The second kappa shape index (κ2) is 10.3. The van der Waals surface area contributed by atoms with Crippen LogP contribution in [-0.2, 0) is 13.8 Å². The molecule has 2 heterocycles. The van der Waals surface area contributed by atoms with Crippen LogP contribution < -0.4 is 11.4 Å². The van der Waals surface area contributed by atoms with Crippen molar-refractivity contribution in [3.05, 3.63) is 22.7 Å². The van der Waals surface area contributed by atoms with Gasteiger partial charge in [0.1, 0.15) is 24.1 Å². The van der Waals surface area contributed by atoms with Gasteiger partial charge in [-0.05, 0) is 6.07 Å². The molecule has 1 aromatic rings. The van der Waals surface area contributed by atoms with Gasteiger partial charge in [0, 0.05) is 6.20 Å². The Morgan fingerprint density at radius 3 is 2.48 bits per heavy atom. The summed E-state index contributed by atoms with van der Waals surface area (Å²) in [7, 11) is -4.74. The van der Waals surface area contributed by atoms with E-state index in [0.29, 0.717) is 0 Å². The molecule has 2 rings (SSSR count). The molecule has 0 aliphatic carbocycles. The van der Waals surface area contributed by atoms with Crippen molar-refractivity contribution >= 4 is 116 Å². The van der Waals surface area contributed by atoms with Crippen LogP contribution in [-0.4, -0.2) is 157 Å². The summed E-state index contributed by atoms with van der Waals surface area (Å²) in [5.41, 5.74) is 4.52. The van der Waals surface area contributed by atoms with E-state index < -0.39 is 44.7 Å². The van der Waals surface area contributed by atoms with Gasteiger partial charge in [-0.15, -0.1) is 0 Å². The zero-order chi connectivity index (χ0) is 15.8. The molecule has 122 valence electrons. The maximum absolute atomic E-state index is 11.6. The number of phosphoric acid groups is 1. The van der Waals surface area contributed by atoms with E-state index in [1.165, 1.54) is 12.3 Å². The molecule has 1 saturated heterocycles. The van der Waals surface area contributed by atoms with Crippen molar-refractivity contribution in [3.8, 4) is 0 Å². The standard InChI is InChI=1S/C9H14N3O8P.2K.2H/c10-5-1-2-12(9(15)11-5)8-7(14)6(13)4(20-8)3-19-21(16,17)18;;;;/h1-2,4,6-8,13-14H,3H2,(H2,10,11,15)(H2,16,17,18);;;;/t4-,6-,7-,8-;;;;/m1..../s1. The molecule has 6 N–H and O–H groups in total. The van der Waals surface area contributed by atoms with Gasteiger partial charge in [-0.1, -0.05) is 0 Å². The molecule has 1 fully saturated rings. The van der Waals surface area contributed by atoms with Crippen LogP contribution in [0, 0.1) is 0 Å². The number of aliphatic hydroxyl groups is 2. The van der Waals surface area contributed by atoms with E-state index in [9.17, 15) is 19.6 Å². The van der Waals surface area contributed by atoms with E-state index in [2.05, 4.69) is 9.51 Å². The third kappa shape index (κ3) is 6.88. The molecule has 0 saturated carbocycles. The van der Waals surface area contributed by atoms with Crippen LogP contribution in [0.25, 0.3) is 0 Å². The number of nitrogen functional groups attached to an aromatic ring is 1. The molecule has 1 aliphatic rings. The van der Waals surface area contributed by atoms with Gasteiger partial charge in [-0.2, -0.15) is 4.98 Å². The zero-order valence-corrected chi connectivity index (χ0v) is 11.4. The van der Waals surface area contributed by atoms with E-state index >= 15 is 0 Å². The number of aromatic nitrogens is 2. The summed E-state index contributed by atoms with van der Waals surface area (Å²) >= 11 is 0. The molecule has 11 nitrogen and oxygen atoms in total. The predicted molar refractivity (Wildman–Crippen MR) is 81.1 cm³/mol. The van der Waals surface area contributed by atoms with Crippen LogP contribution in [0.4, 0.5) is 5.82 Å². The van der Waals surface area contributed by atoms with Crippen LogP contribution in [0.1, 0.15) is 6.23 Å². The Morgan fingerprint density at radius 2 is 1.96 bits per heavy atom. The van der Waals surface area contributed by atoms with E-state index in [0.717, 1.165) is 4.57 Å². The Hall–Kier alpha value is 1.94. The number of hydrogen-bond acceptors (Lipinski definition) is 8. The normalized spacial score (nSPS) is 27.1. The monoisotopic (exact) mass is 403 g/mol. The first-order valence-electron chi connectivity index (χ1n) is 5.75. The number of rotatable bonds is 4. The van der Waals surface area contributed by atoms with Crippen molar-refractivity contribution in [1.82, 2.24) is 9.55 Å². The van der Waals surface area contributed by atoms with Crippen molar-refractivity contribution in [2.45, 2.75) is 24.5 Å². The SMILES string of the molecule is Nc1ccn([C@@H]2O[C@H](COP(=O)(O)O)[C@@H](O)[C@H]2O)c(=O)n1.[KH].[KH]. The van der Waals surface area contributed by atoms with E-state index in [1.54, 1.807) is 0 Å². The third-order valence-electron chi connectivity index (χ3n) is 2.87.